The molecular weight excluding hydrogens is 359 g/mol. The lowest BCUT2D eigenvalue weighted by Gasteiger charge is -2.08. The maximum Gasteiger partial charge on any atom is 0.306 e. The molecule has 2 N–H and O–H groups in total. The zero-order valence-corrected chi connectivity index (χ0v) is 12.7. The molecule has 5 nitrogen and oxygen atoms in total. The molecule has 2 aromatic rings. The van der Waals surface area contributed by atoms with Crippen molar-refractivity contribution in [3.8, 4) is 0 Å². The van der Waals surface area contributed by atoms with Crippen LogP contribution in [0.15, 0.2) is 31.7 Å². The largest absolute Gasteiger partial charge is 0.315 e. The van der Waals surface area contributed by atoms with E-state index in [1.54, 1.807) is 0 Å². The summed E-state index contributed by atoms with van der Waals surface area (Å²) in [5.41, 5.74) is 0.461. The molecule has 0 aliphatic heterocycles. The van der Waals surface area contributed by atoms with Gasteiger partial charge in [0.25, 0.3) is 10.0 Å². The van der Waals surface area contributed by atoms with Gasteiger partial charge in [0.1, 0.15) is 5.82 Å². The van der Waals surface area contributed by atoms with Crippen LogP contribution in [0.3, 0.4) is 0 Å². The number of aromatic amines is 1. The van der Waals surface area contributed by atoms with E-state index in [9.17, 15) is 17.6 Å². The van der Waals surface area contributed by atoms with Gasteiger partial charge in [0.2, 0.25) is 0 Å². The number of H-pyrrole nitrogens is 1. The van der Waals surface area contributed by atoms with E-state index in [0.29, 0.717) is 11.3 Å². The van der Waals surface area contributed by atoms with E-state index < -0.39 is 20.7 Å². The molecule has 19 heavy (non-hydrogen) atoms. The standard InChI is InChI=1S/C10H8BrFN2O3S2/c1-5-9(18-10(15)13-5)19(16,17)14-8-3-2-6(12)4-7(8)11/h2-4,14H,1H3,(H,13,15). The Bertz CT molecular complexity index is 782. The van der Waals surface area contributed by atoms with E-state index in [4.69, 9.17) is 0 Å². The predicted molar refractivity (Wildman–Crippen MR) is 74.6 cm³/mol. The molecule has 9 heteroatoms. The average molecular weight is 367 g/mol. The van der Waals surface area contributed by atoms with Gasteiger partial charge in [0.15, 0.2) is 4.21 Å². The molecule has 1 aromatic carbocycles. The van der Waals surface area contributed by atoms with Crippen LogP contribution in [-0.4, -0.2) is 13.4 Å². The molecule has 1 heterocycles. The predicted octanol–water partition coefficient (Wildman–Crippen LogP) is 2.45. The van der Waals surface area contributed by atoms with E-state index >= 15 is 0 Å². The minimum Gasteiger partial charge on any atom is -0.315 e. The van der Waals surface area contributed by atoms with E-state index in [1.165, 1.54) is 13.0 Å². The second kappa shape index (κ2) is 5.06. The van der Waals surface area contributed by atoms with Gasteiger partial charge < -0.3 is 4.98 Å². The molecule has 0 saturated heterocycles. The lowest BCUT2D eigenvalue weighted by molar-refractivity contribution is 0.602. The summed E-state index contributed by atoms with van der Waals surface area (Å²) in [4.78, 5) is 13.1. The Morgan fingerprint density at radius 3 is 2.63 bits per heavy atom. The number of rotatable bonds is 3. The van der Waals surface area contributed by atoms with Crippen LogP contribution in [0.4, 0.5) is 10.1 Å². The maximum absolute atomic E-state index is 12.9. The van der Waals surface area contributed by atoms with Crippen molar-refractivity contribution in [2.24, 2.45) is 0 Å². The van der Waals surface area contributed by atoms with Crippen LogP contribution in [0.25, 0.3) is 0 Å². The number of aryl methyl sites for hydroxylation is 1. The number of thiazole rings is 1. The summed E-state index contributed by atoms with van der Waals surface area (Å²) >= 11 is 3.66. The number of sulfonamides is 1. The minimum absolute atomic E-state index is 0.0891. The molecule has 0 aliphatic rings. The first kappa shape index (κ1) is 14.2. The van der Waals surface area contributed by atoms with Gasteiger partial charge in [0.05, 0.1) is 5.69 Å². The van der Waals surface area contributed by atoms with Crippen molar-refractivity contribution in [3.05, 3.63) is 43.9 Å². The summed E-state index contributed by atoms with van der Waals surface area (Å²) in [6.07, 6.45) is 0. The number of hydrogen-bond acceptors (Lipinski definition) is 4. The van der Waals surface area contributed by atoms with Crippen molar-refractivity contribution >= 4 is 43.0 Å². The normalized spacial score (nSPS) is 11.5. The fourth-order valence-electron chi connectivity index (χ4n) is 1.41. The SMILES string of the molecule is Cc1[nH]c(=O)sc1S(=O)(=O)Nc1ccc(F)cc1Br. The first-order valence-corrected chi connectivity index (χ1v) is 8.06. The second-order valence-electron chi connectivity index (χ2n) is 3.66. The van der Waals surface area contributed by atoms with Crippen LogP contribution >= 0.6 is 27.3 Å². The quantitative estimate of drug-likeness (QED) is 0.875. The van der Waals surface area contributed by atoms with Gasteiger partial charge in [-0.2, -0.15) is 0 Å². The Kier molecular flexibility index (Phi) is 3.79. The average Bonchev–Trinajstić information content (AvgIpc) is 2.63. The fraction of sp³-hybridized carbons (Fsp3) is 0.100. The van der Waals surface area contributed by atoms with E-state index in [2.05, 4.69) is 25.6 Å². The first-order chi connectivity index (χ1) is 8.79. The fourth-order valence-corrected chi connectivity index (χ4v) is 4.37. The van der Waals surface area contributed by atoms with Crippen molar-refractivity contribution in [2.75, 3.05) is 4.72 Å². The van der Waals surface area contributed by atoms with Gasteiger partial charge in [-0.15, -0.1) is 0 Å². The summed E-state index contributed by atoms with van der Waals surface area (Å²) in [7, 11) is -3.87. The van der Waals surface area contributed by atoms with Gasteiger partial charge in [-0.1, -0.05) is 11.3 Å². The van der Waals surface area contributed by atoms with Crippen LogP contribution in [0.5, 0.6) is 0 Å². The Labute approximate surface area is 120 Å². The van der Waals surface area contributed by atoms with E-state index in [1.807, 2.05) is 0 Å². The molecule has 0 atom stereocenters. The van der Waals surface area contributed by atoms with Crippen LogP contribution < -0.4 is 9.60 Å². The third kappa shape index (κ3) is 3.04. The zero-order valence-electron chi connectivity index (χ0n) is 9.53. The molecule has 0 amide bonds. The summed E-state index contributed by atoms with van der Waals surface area (Å²) in [6.45, 7) is 1.49. The Morgan fingerprint density at radius 2 is 2.11 bits per heavy atom. The van der Waals surface area contributed by atoms with Gasteiger partial charge >= 0.3 is 4.87 Å². The van der Waals surface area contributed by atoms with Crippen LogP contribution in [0, 0.1) is 12.7 Å². The lowest BCUT2D eigenvalue weighted by Crippen LogP contribution is -2.13. The highest BCUT2D eigenvalue weighted by atomic mass is 79.9. The summed E-state index contributed by atoms with van der Waals surface area (Å²) in [6, 6.07) is 3.57. The first-order valence-electron chi connectivity index (χ1n) is 4.97. The van der Waals surface area contributed by atoms with Gasteiger partial charge in [-0.25, -0.2) is 12.8 Å². The molecule has 0 fully saturated rings. The van der Waals surface area contributed by atoms with Crippen molar-refractivity contribution in [1.29, 1.82) is 0 Å². The Morgan fingerprint density at radius 1 is 1.42 bits per heavy atom. The zero-order chi connectivity index (χ0) is 14.2. The van der Waals surface area contributed by atoms with E-state index in [0.717, 1.165) is 12.1 Å². The third-order valence-electron chi connectivity index (χ3n) is 2.20. The molecule has 0 aliphatic carbocycles. The molecule has 0 unspecified atom stereocenters. The number of hydrogen-bond donors (Lipinski definition) is 2. The number of aromatic nitrogens is 1. The minimum atomic E-state index is -3.87. The Balaban J connectivity index is 2.42. The second-order valence-corrected chi connectivity index (χ2v) is 7.37. The molecule has 102 valence electrons. The van der Waals surface area contributed by atoms with Gasteiger partial charge in [0, 0.05) is 10.2 Å². The molecule has 1 aromatic heterocycles. The molecule has 0 radical (unpaired) electrons. The summed E-state index contributed by atoms with van der Waals surface area (Å²) in [5, 5.41) is 0. The monoisotopic (exact) mass is 366 g/mol. The maximum atomic E-state index is 12.9. The highest BCUT2D eigenvalue weighted by molar-refractivity contribution is 9.10. The van der Waals surface area contributed by atoms with Gasteiger partial charge in [-0.3, -0.25) is 9.52 Å². The number of anilines is 1. The topological polar surface area (TPSA) is 79.0 Å². The molecule has 0 bridgehead atoms. The van der Waals surface area contributed by atoms with Crippen molar-refractivity contribution in [1.82, 2.24) is 4.98 Å². The molecular formula is C10H8BrFN2O3S2. The van der Waals surface area contributed by atoms with Crippen molar-refractivity contribution < 1.29 is 12.8 Å². The molecule has 0 saturated carbocycles. The van der Waals surface area contributed by atoms with Gasteiger partial charge in [-0.05, 0) is 41.1 Å². The Hall–Kier alpha value is -1.19. The van der Waals surface area contributed by atoms with Crippen LogP contribution in [0.1, 0.15) is 5.69 Å². The van der Waals surface area contributed by atoms with E-state index in [-0.39, 0.29) is 20.1 Å². The smallest absolute Gasteiger partial charge is 0.306 e. The van der Waals surface area contributed by atoms with Crippen LogP contribution in [-0.2, 0) is 10.0 Å². The number of halogens is 2. The molecule has 0 spiro atoms. The summed E-state index contributed by atoms with van der Waals surface area (Å²) < 4.78 is 39.6. The third-order valence-corrected chi connectivity index (χ3v) is 5.83. The summed E-state index contributed by atoms with van der Waals surface area (Å²) in [5.74, 6) is -0.489. The number of nitrogens with one attached hydrogen (secondary N) is 2. The molecule has 2 rings (SSSR count). The number of benzene rings is 1. The van der Waals surface area contributed by atoms with Crippen LogP contribution in [0.2, 0.25) is 0 Å². The van der Waals surface area contributed by atoms with Crippen molar-refractivity contribution in [3.63, 3.8) is 0 Å². The lowest BCUT2D eigenvalue weighted by atomic mass is 10.3. The highest BCUT2D eigenvalue weighted by Gasteiger charge is 2.21. The van der Waals surface area contributed by atoms with Crippen molar-refractivity contribution in [2.45, 2.75) is 11.1 Å². The highest BCUT2D eigenvalue weighted by Crippen LogP contribution is 2.27.